The van der Waals surface area contributed by atoms with Crippen LogP contribution >= 0.6 is 0 Å². The molecule has 4 rings (SSSR count). The molecule has 3 aromatic rings. The number of carbonyl (C=O) groups excluding carboxylic acids is 2. The number of anilines is 1. The number of ether oxygens (including phenoxy) is 2. The lowest BCUT2D eigenvalue weighted by atomic mass is 9.95. The molecule has 3 aromatic carbocycles. The first kappa shape index (κ1) is 32.8. The minimum atomic E-state index is -4.30. The largest absolute Gasteiger partial charge is 0.493 e. The maximum absolute atomic E-state index is 14.1. The van der Waals surface area contributed by atoms with Gasteiger partial charge in [-0.15, -0.1) is 0 Å². The van der Waals surface area contributed by atoms with Crippen molar-refractivity contribution in [3.05, 3.63) is 83.7 Å². The summed E-state index contributed by atoms with van der Waals surface area (Å²) in [5.74, 6) is -0.772. The molecule has 0 aromatic heterocycles. The predicted molar refractivity (Wildman–Crippen MR) is 167 cm³/mol. The number of nitrogens with one attached hydrogen (secondary N) is 1. The average molecular weight is 626 g/mol. The molecule has 44 heavy (non-hydrogen) atoms. The third-order valence-electron chi connectivity index (χ3n) is 7.93. The zero-order chi connectivity index (χ0) is 31.9. The van der Waals surface area contributed by atoms with Gasteiger partial charge in [0.15, 0.2) is 11.5 Å². The summed E-state index contributed by atoms with van der Waals surface area (Å²) >= 11 is 0. The Bertz CT molecular complexity index is 1540. The van der Waals surface area contributed by atoms with Crippen molar-refractivity contribution in [2.45, 2.75) is 69.5 Å². The van der Waals surface area contributed by atoms with E-state index in [1.54, 1.807) is 43.3 Å². The Kier molecular flexibility index (Phi) is 10.9. The van der Waals surface area contributed by atoms with Crippen molar-refractivity contribution in [1.29, 1.82) is 0 Å². The molecule has 0 aliphatic heterocycles. The quantitative estimate of drug-likeness (QED) is 0.296. The number of hydrogen-bond acceptors (Lipinski definition) is 6. The number of hydrogen-bond donors (Lipinski definition) is 1. The van der Waals surface area contributed by atoms with Crippen LogP contribution in [-0.4, -0.2) is 58.0 Å². The second-order valence-corrected chi connectivity index (χ2v) is 12.9. The van der Waals surface area contributed by atoms with Crippen LogP contribution in [-0.2, 0) is 26.2 Å². The smallest absolute Gasteiger partial charge is 0.264 e. The lowest BCUT2D eigenvalue weighted by molar-refractivity contribution is -0.139. The van der Waals surface area contributed by atoms with Crippen LogP contribution < -0.4 is 19.1 Å². The standard InChI is InChI=1S/C33H40FN3O6S/c1-23-10-16-28(17-11-23)37(44(40,41)29-18-19-30(42-3)31(20-29)43-4)22-32(38)36(21-25-12-14-26(34)15-13-25)24(2)33(39)35-27-8-6-5-7-9-27/h10-20,24,27H,5-9,21-22H2,1-4H3,(H,35,39)/t24-/m1/s1. The molecule has 1 fully saturated rings. The fourth-order valence-electron chi connectivity index (χ4n) is 5.28. The molecule has 0 heterocycles. The van der Waals surface area contributed by atoms with Crippen LogP contribution in [0.5, 0.6) is 11.5 Å². The summed E-state index contributed by atoms with van der Waals surface area (Å²) in [5, 5.41) is 3.07. The number of methoxy groups -OCH3 is 2. The molecule has 0 radical (unpaired) electrons. The third kappa shape index (κ3) is 7.88. The first-order valence-electron chi connectivity index (χ1n) is 14.7. The van der Waals surface area contributed by atoms with Gasteiger partial charge in [-0.25, -0.2) is 12.8 Å². The summed E-state index contributed by atoms with van der Waals surface area (Å²) in [6.07, 6.45) is 4.92. The van der Waals surface area contributed by atoms with E-state index < -0.39 is 34.3 Å². The number of amides is 2. The van der Waals surface area contributed by atoms with E-state index in [0.29, 0.717) is 11.3 Å². The van der Waals surface area contributed by atoms with Crippen molar-refractivity contribution >= 4 is 27.5 Å². The number of nitrogens with zero attached hydrogens (tertiary/aromatic N) is 2. The van der Waals surface area contributed by atoms with E-state index >= 15 is 0 Å². The van der Waals surface area contributed by atoms with Gasteiger partial charge in [0.1, 0.15) is 18.4 Å². The van der Waals surface area contributed by atoms with Gasteiger partial charge in [-0.3, -0.25) is 13.9 Å². The summed E-state index contributed by atoms with van der Waals surface area (Å²) < 4.78 is 53.6. The molecule has 0 saturated heterocycles. The van der Waals surface area contributed by atoms with Gasteiger partial charge in [0.2, 0.25) is 11.8 Å². The fourth-order valence-corrected chi connectivity index (χ4v) is 6.71. The highest BCUT2D eigenvalue weighted by Gasteiger charge is 2.33. The van der Waals surface area contributed by atoms with Crippen LogP contribution in [0, 0.1) is 12.7 Å². The topological polar surface area (TPSA) is 105 Å². The van der Waals surface area contributed by atoms with E-state index in [1.807, 2.05) is 6.92 Å². The molecule has 1 N–H and O–H groups in total. The zero-order valence-corrected chi connectivity index (χ0v) is 26.4. The SMILES string of the molecule is COc1ccc(S(=O)(=O)N(CC(=O)N(Cc2ccc(F)cc2)[C@H](C)C(=O)NC2CCCCC2)c2ccc(C)cc2)cc1OC. The number of halogens is 1. The van der Waals surface area contributed by atoms with Crippen LogP contribution in [0.3, 0.4) is 0 Å². The van der Waals surface area contributed by atoms with E-state index in [9.17, 15) is 22.4 Å². The maximum Gasteiger partial charge on any atom is 0.264 e. The van der Waals surface area contributed by atoms with Gasteiger partial charge in [-0.2, -0.15) is 0 Å². The van der Waals surface area contributed by atoms with Crippen molar-refractivity contribution < 1.29 is 31.9 Å². The first-order valence-corrected chi connectivity index (χ1v) is 16.1. The number of aryl methyl sites for hydroxylation is 1. The van der Waals surface area contributed by atoms with E-state index in [1.165, 1.54) is 49.5 Å². The van der Waals surface area contributed by atoms with Crippen molar-refractivity contribution in [3.8, 4) is 11.5 Å². The second kappa shape index (κ2) is 14.6. The number of rotatable bonds is 12. The minimum absolute atomic E-state index is 0.0174. The lowest BCUT2D eigenvalue weighted by Crippen LogP contribution is -2.53. The molecule has 0 bridgehead atoms. The number of sulfonamides is 1. The summed E-state index contributed by atoms with van der Waals surface area (Å²) in [6.45, 7) is 2.90. The van der Waals surface area contributed by atoms with Gasteiger partial charge in [0.05, 0.1) is 24.8 Å². The summed E-state index contributed by atoms with van der Waals surface area (Å²) in [5.41, 5.74) is 1.79. The van der Waals surface area contributed by atoms with Crippen LogP contribution in [0.25, 0.3) is 0 Å². The fraction of sp³-hybridized carbons (Fsp3) is 0.394. The Morgan fingerprint density at radius 2 is 1.57 bits per heavy atom. The summed E-state index contributed by atoms with van der Waals surface area (Å²) in [6, 6.07) is 15.7. The van der Waals surface area contributed by atoms with Gasteiger partial charge in [-0.1, -0.05) is 49.1 Å². The predicted octanol–water partition coefficient (Wildman–Crippen LogP) is 5.21. The lowest BCUT2D eigenvalue weighted by Gasteiger charge is -2.33. The van der Waals surface area contributed by atoms with Gasteiger partial charge < -0.3 is 19.7 Å². The molecule has 1 aliphatic carbocycles. The molecule has 1 saturated carbocycles. The van der Waals surface area contributed by atoms with Crippen molar-refractivity contribution in [2.24, 2.45) is 0 Å². The average Bonchev–Trinajstić information content (AvgIpc) is 3.03. The molecular formula is C33H40FN3O6S. The molecular weight excluding hydrogens is 585 g/mol. The molecule has 0 unspecified atom stereocenters. The maximum atomic E-state index is 14.1. The molecule has 9 nitrogen and oxygen atoms in total. The highest BCUT2D eigenvalue weighted by atomic mass is 32.2. The molecule has 1 aliphatic rings. The Labute approximate surface area is 259 Å². The summed E-state index contributed by atoms with van der Waals surface area (Å²) in [7, 11) is -1.45. The summed E-state index contributed by atoms with van der Waals surface area (Å²) in [4.78, 5) is 28.8. The van der Waals surface area contributed by atoms with E-state index in [0.717, 1.165) is 42.0 Å². The first-order chi connectivity index (χ1) is 21.0. The van der Waals surface area contributed by atoms with Crippen molar-refractivity contribution in [2.75, 3.05) is 25.1 Å². The molecule has 2 amide bonds. The normalized spacial score (nSPS) is 14.4. The molecule has 1 atom stereocenters. The van der Waals surface area contributed by atoms with E-state index in [2.05, 4.69) is 5.32 Å². The van der Waals surface area contributed by atoms with Gasteiger partial charge in [0.25, 0.3) is 10.0 Å². The van der Waals surface area contributed by atoms with Crippen molar-refractivity contribution in [1.82, 2.24) is 10.2 Å². The van der Waals surface area contributed by atoms with Gasteiger partial charge in [0, 0.05) is 18.7 Å². The Balaban J connectivity index is 1.70. The van der Waals surface area contributed by atoms with Crippen molar-refractivity contribution in [3.63, 3.8) is 0 Å². The molecule has 11 heteroatoms. The minimum Gasteiger partial charge on any atom is -0.493 e. The van der Waals surface area contributed by atoms with Gasteiger partial charge in [-0.05, 0) is 68.7 Å². The second-order valence-electron chi connectivity index (χ2n) is 11.0. The van der Waals surface area contributed by atoms with Crippen LogP contribution in [0.4, 0.5) is 10.1 Å². The van der Waals surface area contributed by atoms with E-state index in [4.69, 9.17) is 9.47 Å². The van der Waals surface area contributed by atoms with Crippen LogP contribution in [0.1, 0.15) is 50.2 Å². The zero-order valence-electron chi connectivity index (χ0n) is 25.6. The van der Waals surface area contributed by atoms with E-state index in [-0.39, 0.29) is 34.8 Å². The highest BCUT2D eigenvalue weighted by Crippen LogP contribution is 2.32. The Hall–Kier alpha value is -4.12. The van der Waals surface area contributed by atoms with Crippen LogP contribution in [0.2, 0.25) is 0 Å². The number of benzene rings is 3. The Morgan fingerprint density at radius 1 is 0.932 bits per heavy atom. The number of carbonyl (C=O) groups is 2. The highest BCUT2D eigenvalue weighted by molar-refractivity contribution is 7.92. The van der Waals surface area contributed by atoms with Gasteiger partial charge >= 0.3 is 0 Å². The van der Waals surface area contributed by atoms with Crippen LogP contribution in [0.15, 0.2) is 71.6 Å². The molecule has 0 spiro atoms. The monoisotopic (exact) mass is 625 g/mol. The molecule has 236 valence electrons. The Morgan fingerprint density at radius 3 is 2.18 bits per heavy atom. The third-order valence-corrected chi connectivity index (χ3v) is 9.70.